The van der Waals surface area contributed by atoms with Gasteiger partial charge in [0.1, 0.15) is 6.54 Å². The lowest BCUT2D eigenvalue weighted by Gasteiger charge is -2.16. The van der Waals surface area contributed by atoms with Crippen molar-refractivity contribution < 1.29 is 13.2 Å². The molecule has 2 heterocycles. The van der Waals surface area contributed by atoms with Crippen molar-refractivity contribution in [1.29, 1.82) is 0 Å². The summed E-state index contributed by atoms with van der Waals surface area (Å²) in [5.41, 5.74) is 1.41. The van der Waals surface area contributed by atoms with Crippen LogP contribution in [0, 0.1) is 0 Å². The standard InChI is InChI=1S/C20H25N3O4S/c1-2-5-16-6-8-17(9-7-16)21-19(24)15-22-14-18(10-11-20(22)25)28(26,27)23-12-3-4-13-23/h6-11,14H,2-5,12-13,15H2,1H3,(H,21,24). The van der Waals surface area contributed by atoms with E-state index >= 15 is 0 Å². The van der Waals surface area contributed by atoms with Gasteiger partial charge in [-0.15, -0.1) is 0 Å². The van der Waals surface area contributed by atoms with Crippen LogP contribution in [0.3, 0.4) is 0 Å². The molecule has 1 aliphatic heterocycles. The van der Waals surface area contributed by atoms with E-state index in [4.69, 9.17) is 0 Å². The smallest absolute Gasteiger partial charge is 0.251 e. The van der Waals surface area contributed by atoms with Gasteiger partial charge in [-0.05, 0) is 43.0 Å². The molecule has 0 spiro atoms. The van der Waals surface area contributed by atoms with E-state index in [-0.39, 0.29) is 17.3 Å². The monoisotopic (exact) mass is 403 g/mol. The summed E-state index contributed by atoms with van der Waals surface area (Å²) in [6, 6.07) is 10.0. The molecule has 0 saturated carbocycles. The summed E-state index contributed by atoms with van der Waals surface area (Å²) in [6.45, 7) is 2.82. The normalized spacial score (nSPS) is 14.9. The van der Waals surface area contributed by atoms with Crippen molar-refractivity contribution in [2.24, 2.45) is 0 Å². The SMILES string of the molecule is CCCc1ccc(NC(=O)Cn2cc(S(=O)(=O)N3CCCC3)ccc2=O)cc1. The van der Waals surface area contributed by atoms with Crippen LogP contribution >= 0.6 is 0 Å². The molecule has 1 amide bonds. The summed E-state index contributed by atoms with van der Waals surface area (Å²) in [4.78, 5) is 24.5. The first kappa shape index (κ1) is 20.3. The second-order valence-corrected chi connectivity index (χ2v) is 8.88. The lowest BCUT2D eigenvalue weighted by Crippen LogP contribution is -2.31. The van der Waals surface area contributed by atoms with E-state index in [1.807, 2.05) is 24.3 Å². The highest BCUT2D eigenvalue weighted by atomic mass is 32.2. The molecule has 0 radical (unpaired) electrons. The molecule has 2 aromatic rings. The summed E-state index contributed by atoms with van der Waals surface area (Å²) in [6.07, 6.45) is 4.93. The molecule has 0 atom stereocenters. The van der Waals surface area contributed by atoms with E-state index < -0.39 is 15.6 Å². The maximum atomic E-state index is 12.7. The maximum absolute atomic E-state index is 12.7. The predicted molar refractivity (Wildman–Crippen MR) is 108 cm³/mol. The van der Waals surface area contributed by atoms with E-state index in [9.17, 15) is 18.0 Å². The van der Waals surface area contributed by atoms with Crippen molar-refractivity contribution in [3.63, 3.8) is 0 Å². The van der Waals surface area contributed by atoms with Crippen molar-refractivity contribution in [3.8, 4) is 0 Å². The van der Waals surface area contributed by atoms with E-state index in [0.29, 0.717) is 18.8 Å². The third-order valence-electron chi connectivity index (χ3n) is 4.75. The van der Waals surface area contributed by atoms with Crippen LogP contribution in [0.15, 0.2) is 52.3 Å². The number of carbonyl (C=O) groups is 1. The maximum Gasteiger partial charge on any atom is 0.251 e. The Morgan fingerprint density at radius 3 is 2.39 bits per heavy atom. The minimum atomic E-state index is -3.64. The number of aromatic nitrogens is 1. The number of nitrogens with one attached hydrogen (secondary N) is 1. The zero-order valence-electron chi connectivity index (χ0n) is 15.9. The highest BCUT2D eigenvalue weighted by molar-refractivity contribution is 7.89. The molecule has 3 rings (SSSR count). The van der Waals surface area contributed by atoms with Crippen LogP contribution in [0.1, 0.15) is 31.7 Å². The van der Waals surface area contributed by atoms with Gasteiger partial charge in [-0.2, -0.15) is 4.31 Å². The van der Waals surface area contributed by atoms with E-state index in [0.717, 1.165) is 30.3 Å². The van der Waals surface area contributed by atoms with Gasteiger partial charge in [0.2, 0.25) is 15.9 Å². The number of amides is 1. The molecular weight excluding hydrogens is 378 g/mol. The van der Waals surface area contributed by atoms with Gasteiger partial charge < -0.3 is 9.88 Å². The Bertz CT molecular complexity index is 991. The number of sulfonamides is 1. The summed E-state index contributed by atoms with van der Waals surface area (Å²) < 4.78 is 27.9. The van der Waals surface area contributed by atoms with E-state index in [1.165, 1.54) is 28.2 Å². The van der Waals surface area contributed by atoms with Crippen LogP contribution < -0.4 is 10.9 Å². The number of pyridine rings is 1. The van der Waals surface area contributed by atoms with Crippen molar-refractivity contribution in [2.45, 2.75) is 44.0 Å². The highest BCUT2D eigenvalue weighted by Gasteiger charge is 2.27. The van der Waals surface area contributed by atoms with Crippen molar-refractivity contribution in [3.05, 3.63) is 58.5 Å². The summed E-state index contributed by atoms with van der Waals surface area (Å²) >= 11 is 0. The largest absolute Gasteiger partial charge is 0.325 e. The topological polar surface area (TPSA) is 88.5 Å². The first-order chi connectivity index (χ1) is 13.4. The van der Waals surface area contributed by atoms with Gasteiger partial charge >= 0.3 is 0 Å². The third-order valence-corrected chi connectivity index (χ3v) is 6.63. The number of rotatable bonds is 7. The quantitative estimate of drug-likeness (QED) is 0.768. The van der Waals surface area contributed by atoms with Gasteiger partial charge in [0.05, 0.1) is 4.90 Å². The summed E-state index contributed by atoms with van der Waals surface area (Å²) in [5.74, 6) is -0.388. The van der Waals surface area contributed by atoms with Gasteiger partial charge in [0.15, 0.2) is 0 Å². The van der Waals surface area contributed by atoms with Gasteiger partial charge in [0.25, 0.3) is 5.56 Å². The lowest BCUT2D eigenvalue weighted by atomic mass is 10.1. The molecule has 1 aliphatic rings. The fourth-order valence-electron chi connectivity index (χ4n) is 3.26. The second kappa shape index (κ2) is 8.70. The third kappa shape index (κ3) is 4.69. The van der Waals surface area contributed by atoms with Crippen molar-refractivity contribution >= 4 is 21.6 Å². The molecular formula is C20H25N3O4S. The van der Waals surface area contributed by atoms with Gasteiger partial charge in [0, 0.05) is 31.0 Å². The number of hydrogen-bond donors (Lipinski definition) is 1. The van der Waals surface area contributed by atoms with Crippen LogP contribution in [-0.4, -0.2) is 36.3 Å². The van der Waals surface area contributed by atoms with Crippen molar-refractivity contribution in [1.82, 2.24) is 8.87 Å². The second-order valence-electron chi connectivity index (χ2n) is 6.94. The van der Waals surface area contributed by atoms with Crippen LogP contribution in [-0.2, 0) is 27.8 Å². The first-order valence-electron chi connectivity index (χ1n) is 9.49. The Kier molecular flexibility index (Phi) is 6.31. The Balaban J connectivity index is 1.72. The van der Waals surface area contributed by atoms with Gasteiger partial charge in [-0.1, -0.05) is 25.5 Å². The lowest BCUT2D eigenvalue weighted by molar-refractivity contribution is -0.116. The Morgan fingerprint density at radius 2 is 1.75 bits per heavy atom. The predicted octanol–water partition coefficient (Wildman–Crippen LogP) is 2.22. The fraction of sp³-hybridized carbons (Fsp3) is 0.400. The van der Waals surface area contributed by atoms with E-state index in [2.05, 4.69) is 12.2 Å². The first-order valence-corrected chi connectivity index (χ1v) is 10.9. The molecule has 1 aromatic heterocycles. The Morgan fingerprint density at radius 1 is 1.07 bits per heavy atom. The number of carbonyl (C=O) groups excluding carboxylic acids is 1. The van der Waals surface area contributed by atoms with Crippen LogP contribution in [0.25, 0.3) is 0 Å². The number of anilines is 1. The molecule has 0 aliphatic carbocycles. The van der Waals surface area contributed by atoms with E-state index in [1.54, 1.807) is 0 Å². The zero-order valence-corrected chi connectivity index (χ0v) is 16.7. The molecule has 8 heteroatoms. The number of hydrogen-bond acceptors (Lipinski definition) is 4. The fourth-order valence-corrected chi connectivity index (χ4v) is 4.80. The Labute approximate surface area is 165 Å². The molecule has 1 aromatic carbocycles. The number of aryl methyl sites for hydroxylation is 1. The molecule has 0 unspecified atom stereocenters. The molecule has 28 heavy (non-hydrogen) atoms. The van der Waals surface area contributed by atoms with Crippen LogP contribution in [0.5, 0.6) is 0 Å². The number of benzene rings is 1. The molecule has 1 N–H and O–H groups in total. The summed E-state index contributed by atoms with van der Waals surface area (Å²) in [7, 11) is -3.64. The van der Waals surface area contributed by atoms with Crippen LogP contribution in [0.4, 0.5) is 5.69 Å². The average Bonchev–Trinajstić information content (AvgIpc) is 3.21. The zero-order chi connectivity index (χ0) is 20.1. The minimum absolute atomic E-state index is 0.0331. The molecule has 1 fully saturated rings. The molecule has 0 bridgehead atoms. The molecule has 150 valence electrons. The van der Waals surface area contributed by atoms with Crippen molar-refractivity contribution in [2.75, 3.05) is 18.4 Å². The number of nitrogens with zero attached hydrogens (tertiary/aromatic N) is 2. The Hall–Kier alpha value is -2.45. The molecule has 1 saturated heterocycles. The minimum Gasteiger partial charge on any atom is -0.325 e. The van der Waals surface area contributed by atoms with Gasteiger partial charge in [-0.3, -0.25) is 9.59 Å². The highest BCUT2D eigenvalue weighted by Crippen LogP contribution is 2.19. The molecule has 7 nitrogen and oxygen atoms in total. The summed E-state index contributed by atoms with van der Waals surface area (Å²) in [5, 5.41) is 2.74. The van der Waals surface area contributed by atoms with Crippen LogP contribution in [0.2, 0.25) is 0 Å². The van der Waals surface area contributed by atoms with Gasteiger partial charge in [-0.25, -0.2) is 8.42 Å². The average molecular weight is 404 g/mol.